The molecule has 1 aromatic carbocycles. The number of rotatable bonds is 4. The summed E-state index contributed by atoms with van der Waals surface area (Å²) in [6.45, 7) is 6.48. The van der Waals surface area contributed by atoms with Crippen molar-refractivity contribution in [1.82, 2.24) is 10.3 Å². The number of halogens is 1. The lowest BCUT2D eigenvalue weighted by Gasteiger charge is -2.28. The van der Waals surface area contributed by atoms with Crippen molar-refractivity contribution in [2.75, 3.05) is 0 Å². The van der Waals surface area contributed by atoms with Crippen LogP contribution < -0.4 is 5.32 Å². The topological polar surface area (TPSA) is 91.4 Å². The van der Waals surface area contributed by atoms with Crippen molar-refractivity contribution < 1.29 is 23.8 Å². The molecule has 0 radical (unpaired) electrons. The van der Waals surface area contributed by atoms with Gasteiger partial charge in [0.1, 0.15) is 17.0 Å². The first-order valence-corrected chi connectivity index (χ1v) is 7.50. The molecule has 0 spiro atoms. The number of hydrogen-bond donors (Lipinski definition) is 3. The van der Waals surface area contributed by atoms with Gasteiger partial charge in [-0.1, -0.05) is 0 Å². The van der Waals surface area contributed by atoms with Crippen LogP contribution in [-0.2, 0) is 16.0 Å². The number of fused-ring (bicyclic) bond motifs is 1. The number of carbonyl (C=O) groups excluding carboxylic acids is 1. The summed E-state index contributed by atoms with van der Waals surface area (Å²) in [6.07, 6.45) is 0.827. The summed E-state index contributed by atoms with van der Waals surface area (Å²) in [6, 6.07) is 4.21. The molecular weight excluding hydrogens is 315 g/mol. The third-order valence-electron chi connectivity index (χ3n) is 3.52. The molecule has 1 aromatic heterocycles. The largest absolute Gasteiger partial charge is 0.480 e. The second-order valence-electron chi connectivity index (χ2n) is 6.94. The minimum Gasteiger partial charge on any atom is -0.480 e. The van der Waals surface area contributed by atoms with Crippen molar-refractivity contribution in [2.24, 2.45) is 0 Å². The Hall–Kier alpha value is -2.57. The summed E-state index contributed by atoms with van der Waals surface area (Å²) in [5, 5.41) is 12.7. The quantitative estimate of drug-likeness (QED) is 0.799. The predicted molar refractivity (Wildman–Crippen MR) is 87.4 cm³/mol. The molecule has 2 rings (SSSR count). The highest BCUT2D eigenvalue weighted by atomic mass is 19.1. The summed E-state index contributed by atoms with van der Waals surface area (Å²) in [5.74, 6) is -1.58. The molecule has 2 aromatic rings. The monoisotopic (exact) mass is 336 g/mol. The lowest BCUT2D eigenvalue weighted by atomic mass is 9.92. The lowest BCUT2D eigenvalue weighted by molar-refractivity contribution is -0.144. The molecule has 0 aliphatic carbocycles. The number of benzene rings is 1. The average Bonchev–Trinajstić information content (AvgIpc) is 2.78. The van der Waals surface area contributed by atoms with E-state index in [9.17, 15) is 19.1 Å². The number of carbonyl (C=O) groups is 2. The summed E-state index contributed by atoms with van der Waals surface area (Å²) < 4.78 is 18.4. The normalized spacial score (nSPS) is 14.2. The molecule has 0 bridgehead atoms. The van der Waals surface area contributed by atoms with Gasteiger partial charge in [0.2, 0.25) is 0 Å². The van der Waals surface area contributed by atoms with Crippen molar-refractivity contribution in [3.8, 4) is 0 Å². The van der Waals surface area contributed by atoms with E-state index in [4.69, 9.17) is 4.74 Å². The van der Waals surface area contributed by atoms with Crippen molar-refractivity contribution >= 4 is 23.0 Å². The van der Waals surface area contributed by atoms with Crippen LogP contribution in [0.15, 0.2) is 24.4 Å². The molecule has 0 saturated carbocycles. The van der Waals surface area contributed by atoms with Crippen molar-refractivity contribution in [3.63, 3.8) is 0 Å². The second-order valence-corrected chi connectivity index (χ2v) is 6.94. The minimum atomic E-state index is -1.56. The van der Waals surface area contributed by atoms with Gasteiger partial charge in [0, 0.05) is 23.5 Å². The van der Waals surface area contributed by atoms with Crippen molar-refractivity contribution in [1.29, 1.82) is 0 Å². The van der Waals surface area contributed by atoms with E-state index in [0.717, 1.165) is 0 Å². The fourth-order valence-corrected chi connectivity index (χ4v) is 2.39. The molecule has 0 saturated heterocycles. The van der Waals surface area contributed by atoms with Gasteiger partial charge in [-0.05, 0) is 51.5 Å². The standard InChI is InChI=1S/C17H21FN2O4/c1-16(2,3)24-15(23)20-17(4,14(21)22)8-10-9-19-13-7-11(18)5-6-12(10)13/h5-7,9,19H,8H2,1-4H3,(H,20,23)(H,21,22). The van der Waals surface area contributed by atoms with Gasteiger partial charge >= 0.3 is 12.1 Å². The summed E-state index contributed by atoms with van der Waals surface area (Å²) in [5.41, 5.74) is -1.07. The smallest absolute Gasteiger partial charge is 0.408 e. The minimum absolute atomic E-state index is 0.0210. The molecule has 1 heterocycles. The van der Waals surface area contributed by atoms with Gasteiger partial charge in [-0.2, -0.15) is 0 Å². The maximum absolute atomic E-state index is 13.3. The molecular formula is C17H21FN2O4. The first-order valence-electron chi connectivity index (χ1n) is 7.50. The molecule has 6 nitrogen and oxygen atoms in total. The number of nitrogens with one attached hydrogen (secondary N) is 2. The van der Waals surface area contributed by atoms with Crippen LogP contribution in [-0.4, -0.2) is 33.3 Å². The molecule has 0 aliphatic rings. The van der Waals surface area contributed by atoms with E-state index in [1.54, 1.807) is 33.0 Å². The van der Waals surface area contributed by atoms with E-state index in [1.165, 1.54) is 19.1 Å². The zero-order valence-electron chi connectivity index (χ0n) is 14.1. The van der Waals surface area contributed by atoms with Crippen molar-refractivity contribution in [2.45, 2.75) is 45.3 Å². The highest BCUT2D eigenvalue weighted by Crippen LogP contribution is 2.24. The number of amides is 1. The Morgan fingerprint density at radius 3 is 2.54 bits per heavy atom. The van der Waals surface area contributed by atoms with Crippen LogP contribution in [0.4, 0.5) is 9.18 Å². The van der Waals surface area contributed by atoms with E-state index >= 15 is 0 Å². The number of hydrogen-bond acceptors (Lipinski definition) is 3. The van der Waals surface area contributed by atoms with Gasteiger partial charge in [-0.25, -0.2) is 14.0 Å². The van der Waals surface area contributed by atoms with Crippen LogP contribution in [0.1, 0.15) is 33.3 Å². The molecule has 1 amide bonds. The van der Waals surface area contributed by atoms with Crippen molar-refractivity contribution in [3.05, 3.63) is 35.8 Å². The van der Waals surface area contributed by atoms with E-state index in [-0.39, 0.29) is 12.2 Å². The molecule has 1 atom stereocenters. The molecule has 24 heavy (non-hydrogen) atoms. The summed E-state index contributed by atoms with van der Waals surface area (Å²) >= 11 is 0. The average molecular weight is 336 g/mol. The van der Waals surface area contributed by atoms with Crippen LogP contribution in [0.5, 0.6) is 0 Å². The molecule has 7 heteroatoms. The van der Waals surface area contributed by atoms with E-state index in [2.05, 4.69) is 10.3 Å². The number of ether oxygens (including phenoxy) is 1. The highest BCUT2D eigenvalue weighted by Gasteiger charge is 2.37. The van der Waals surface area contributed by atoms with Crippen LogP contribution in [0.3, 0.4) is 0 Å². The Labute approximate surface area is 139 Å². The number of carboxylic acids is 1. The first kappa shape index (κ1) is 17.8. The molecule has 130 valence electrons. The Bertz CT molecular complexity index is 778. The van der Waals surface area contributed by atoms with Gasteiger partial charge in [-0.15, -0.1) is 0 Å². The SMILES string of the molecule is CC(C)(C)OC(=O)NC(C)(Cc1c[nH]c2cc(F)ccc12)C(=O)O. The molecule has 1 unspecified atom stereocenters. The van der Waals surface area contributed by atoms with Gasteiger partial charge in [-0.3, -0.25) is 0 Å². The van der Waals surface area contributed by atoms with Crippen LogP contribution in [0, 0.1) is 5.82 Å². The number of alkyl carbamates (subject to hydrolysis) is 1. The zero-order valence-corrected chi connectivity index (χ0v) is 14.1. The van der Waals surface area contributed by atoms with Crippen LogP contribution in [0.25, 0.3) is 10.9 Å². The second kappa shape index (κ2) is 6.14. The number of H-pyrrole nitrogens is 1. The third-order valence-corrected chi connectivity index (χ3v) is 3.52. The van der Waals surface area contributed by atoms with E-state index in [1.807, 2.05) is 0 Å². The Balaban J connectivity index is 2.26. The number of carboxylic acid groups (broad SMARTS) is 1. The molecule has 0 fully saturated rings. The molecule has 0 aliphatic heterocycles. The van der Waals surface area contributed by atoms with E-state index in [0.29, 0.717) is 16.5 Å². The lowest BCUT2D eigenvalue weighted by Crippen LogP contribution is -2.54. The zero-order chi connectivity index (χ0) is 18.1. The number of aliphatic carboxylic acids is 1. The fourth-order valence-electron chi connectivity index (χ4n) is 2.39. The van der Waals surface area contributed by atoms with Gasteiger partial charge < -0.3 is 20.1 Å². The van der Waals surface area contributed by atoms with Gasteiger partial charge in [0.25, 0.3) is 0 Å². The fraction of sp³-hybridized carbons (Fsp3) is 0.412. The number of aromatic nitrogens is 1. The maximum Gasteiger partial charge on any atom is 0.408 e. The Morgan fingerprint density at radius 1 is 1.29 bits per heavy atom. The Kier molecular flexibility index (Phi) is 4.55. The van der Waals surface area contributed by atoms with Gasteiger partial charge in [0.15, 0.2) is 0 Å². The van der Waals surface area contributed by atoms with Crippen LogP contribution in [0.2, 0.25) is 0 Å². The first-order chi connectivity index (χ1) is 11.0. The summed E-state index contributed by atoms with van der Waals surface area (Å²) in [4.78, 5) is 26.6. The predicted octanol–water partition coefficient (Wildman–Crippen LogP) is 3.22. The molecule has 3 N–H and O–H groups in total. The van der Waals surface area contributed by atoms with Gasteiger partial charge in [0.05, 0.1) is 0 Å². The van der Waals surface area contributed by atoms with E-state index < -0.39 is 23.2 Å². The third kappa shape index (κ3) is 4.04. The maximum atomic E-state index is 13.3. The Morgan fingerprint density at radius 2 is 1.96 bits per heavy atom. The highest BCUT2D eigenvalue weighted by molar-refractivity contribution is 5.87. The van der Waals surface area contributed by atoms with Crippen LogP contribution >= 0.6 is 0 Å². The summed E-state index contributed by atoms with van der Waals surface area (Å²) in [7, 11) is 0. The number of aromatic amines is 1.